The van der Waals surface area contributed by atoms with E-state index in [1.807, 2.05) is 0 Å². The Morgan fingerprint density at radius 3 is 2.54 bits per heavy atom. The van der Waals surface area contributed by atoms with E-state index in [-0.39, 0.29) is 17.4 Å². The van der Waals surface area contributed by atoms with E-state index in [0.717, 1.165) is 19.4 Å². The second kappa shape index (κ2) is 9.66. The van der Waals surface area contributed by atoms with Crippen molar-refractivity contribution in [1.29, 1.82) is 0 Å². The largest absolute Gasteiger partial charge is 0.365 e. The third-order valence-electron chi connectivity index (χ3n) is 4.81. The van der Waals surface area contributed by atoms with Gasteiger partial charge in [0.15, 0.2) is 0 Å². The van der Waals surface area contributed by atoms with E-state index in [1.54, 1.807) is 17.5 Å². The van der Waals surface area contributed by atoms with Crippen LogP contribution in [0, 0.1) is 5.82 Å². The minimum absolute atomic E-state index is 0.237. The molecule has 0 saturated carbocycles. The maximum atomic E-state index is 13.1. The molecule has 0 unspecified atom stereocenters. The van der Waals surface area contributed by atoms with Gasteiger partial charge in [-0.3, -0.25) is 10.1 Å². The molecule has 0 spiro atoms. The van der Waals surface area contributed by atoms with Crippen molar-refractivity contribution >= 4 is 28.3 Å². The lowest BCUT2D eigenvalue weighted by Gasteiger charge is -2.14. The summed E-state index contributed by atoms with van der Waals surface area (Å²) in [6.07, 6.45) is 4.51. The molecule has 4 N–H and O–H groups in total. The van der Waals surface area contributed by atoms with Gasteiger partial charge in [-0.15, -0.1) is 11.3 Å². The molecule has 1 aromatic carbocycles. The fourth-order valence-electron chi connectivity index (χ4n) is 3.35. The molecule has 28 heavy (non-hydrogen) atoms. The van der Waals surface area contributed by atoms with Gasteiger partial charge in [-0.2, -0.15) is 0 Å². The van der Waals surface area contributed by atoms with Crippen LogP contribution in [0.25, 0.3) is 11.1 Å². The first-order valence-corrected chi connectivity index (χ1v) is 10.4. The summed E-state index contributed by atoms with van der Waals surface area (Å²) in [6.45, 7) is 4.00. The number of anilines is 1. The molecule has 0 atom stereocenters. The van der Waals surface area contributed by atoms with Gasteiger partial charge in [0.05, 0.1) is 5.56 Å². The van der Waals surface area contributed by atoms with E-state index < -0.39 is 5.91 Å². The second-order valence-corrected chi connectivity index (χ2v) is 7.74. The summed E-state index contributed by atoms with van der Waals surface area (Å²) in [4.78, 5) is 26.5. The topological polar surface area (TPSA) is 87.5 Å². The molecular formula is C20H25FN4O2S. The van der Waals surface area contributed by atoms with Crippen molar-refractivity contribution in [3.63, 3.8) is 0 Å². The lowest BCUT2D eigenvalue weighted by atomic mass is 10.0. The van der Waals surface area contributed by atoms with Crippen molar-refractivity contribution in [2.75, 3.05) is 31.5 Å². The van der Waals surface area contributed by atoms with Crippen LogP contribution in [-0.2, 0) is 0 Å². The van der Waals surface area contributed by atoms with Gasteiger partial charge in [0.25, 0.3) is 5.91 Å². The minimum Gasteiger partial charge on any atom is -0.365 e. The van der Waals surface area contributed by atoms with Crippen LogP contribution in [0.3, 0.4) is 0 Å². The molecule has 6 nitrogen and oxygen atoms in total. The van der Waals surface area contributed by atoms with E-state index in [9.17, 15) is 14.0 Å². The van der Waals surface area contributed by atoms with E-state index in [4.69, 9.17) is 5.73 Å². The fraction of sp³-hybridized carbons (Fsp3) is 0.400. The van der Waals surface area contributed by atoms with E-state index in [1.165, 1.54) is 49.4 Å². The van der Waals surface area contributed by atoms with E-state index in [0.29, 0.717) is 22.7 Å². The Morgan fingerprint density at radius 1 is 1.14 bits per heavy atom. The highest BCUT2D eigenvalue weighted by Gasteiger charge is 2.19. The van der Waals surface area contributed by atoms with Gasteiger partial charge >= 0.3 is 6.03 Å². The summed E-state index contributed by atoms with van der Waals surface area (Å²) >= 11 is 1.22. The molecular weight excluding hydrogens is 379 g/mol. The van der Waals surface area contributed by atoms with Crippen LogP contribution in [0.2, 0.25) is 0 Å². The van der Waals surface area contributed by atoms with Crippen LogP contribution < -0.4 is 16.4 Å². The number of unbranched alkanes of at least 4 members (excludes halogenated alkanes) is 1. The van der Waals surface area contributed by atoms with Gasteiger partial charge in [0, 0.05) is 17.5 Å². The highest BCUT2D eigenvalue weighted by atomic mass is 32.1. The number of halogens is 1. The van der Waals surface area contributed by atoms with E-state index in [2.05, 4.69) is 15.5 Å². The zero-order valence-corrected chi connectivity index (χ0v) is 16.5. The molecule has 1 aromatic heterocycles. The maximum absolute atomic E-state index is 13.1. The lowest BCUT2D eigenvalue weighted by Crippen LogP contribution is -2.30. The number of nitrogens with zero attached hydrogens (tertiary/aromatic N) is 1. The number of carbonyl (C=O) groups excluding carboxylic acids is 2. The van der Waals surface area contributed by atoms with Crippen molar-refractivity contribution in [3.05, 3.63) is 41.0 Å². The number of amides is 3. The monoisotopic (exact) mass is 404 g/mol. The molecule has 0 radical (unpaired) electrons. The quantitative estimate of drug-likeness (QED) is 0.587. The zero-order valence-electron chi connectivity index (χ0n) is 15.7. The number of likely N-dealkylation sites (tertiary alicyclic amines) is 1. The van der Waals surface area contributed by atoms with E-state index >= 15 is 0 Å². The van der Waals surface area contributed by atoms with Gasteiger partial charge in [0.2, 0.25) is 0 Å². The predicted octanol–water partition coefficient (Wildman–Crippen LogP) is 3.65. The average Bonchev–Trinajstić information content (AvgIpc) is 3.32. The van der Waals surface area contributed by atoms with Gasteiger partial charge in [-0.05, 0) is 63.0 Å². The third-order valence-corrected chi connectivity index (χ3v) is 5.70. The molecule has 1 saturated heterocycles. The SMILES string of the molecule is NC(=O)c1c(-c2ccc(F)cc2)csc1NC(=O)NCCCCN1CCCC1. The molecule has 1 fully saturated rings. The second-order valence-electron chi connectivity index (χ2n) is 6.86. The Morgan fingerprint density at radius 2 is 1.86 bits per heavy atom. The van der Waals surface area contributed by atoms with Crippen LogP contribution >= 0.6 is 11.3 Å². The van der Waals surface area contributed by atoms with Crippen LogP contribution in [-0.4, -0.2) is 43.0 Å². The first kappa shape index (κ1) is 20.3. The fourth-order valence-corrected chi connectivity index (χ4v) is 4.32. The number of hydrogen-bond donors (Lipinski definition) is 3. The Bertz CT molecular complexity index is 816. The molecule has 2 aromatic rings. The Balaban J connectivity index is 1.53. The van der Waals surface area contributed by atoms with Crippen LogP contribution in [0.15, 0.2) is 29.6 Å². The van der Waals surface area contributed by atoms with Crippen LogP contribution in [0.5, 0.6) is 0 Å². The molecule has 3 rings (SSSR count). The third kappa shape index (κ3) is 5.30. The summed E-state index contributed by atoms with van der Waals surface area (Å²) in [7, 11) is 0. The number of carbonyl (C=O) groups is 2. The summed E-state index contributed by atoms with van der Waals surface area (Å²) in [5, 5.41) is 7.65. The summed E-state index contributed by atoms with van der Waals surface area (Å²) in [5.41, 5.74) is 7.01. The number of benzene rings is 1. The smallest absolute Gasteiger partial charge is 0.319 e. The van der Waals surface area contributed by atoms with Crippen molar-refractivity contribution in [2.24, 2.45) is 5.73 Å². The first-order chi connectivity index (χ1) is 13.5. The van der Waals surface area contributed by atoms with Crippen molar-refractivity contribution in [2.45, 2.75) is 25.7 Å². The molecule has 150 valence electrons. The molecule has 8 heteroatoms. The molecule has 1 aliphatic rings. The molecule has 3 amide bonds. The van der Waals surface area contributed by atoms with Gasteiger partial charge in [-0.25, -0.2) is 9.18 Å². The molecule has 1 aliphatic heterocycles. The Labute approximate surface area is 167 Å². The first-order valence-electron chi connectivity index (χ1n) is 9.49. The number of urea groups is 1. The normalized spacial score (nSPS) is 14.2. The number of primary amides is 1. The number of nitrogens with one attached hydrogen (secondary N) is 2. The lowest BCUT2D eigenvalue weighted by molar-refractivity contribution is 0.100. The van der Waals surface area contributed by atoms with Crippen molar-refractivity contribution in [1.82, 2.24) is 10.2 Å². The zero-order chi connectivity index (χ0) is 19.9. The number of hydrogen-bond acceptors (Lipinski definition) is 4. The summed E-state index contributed by atoms with van der Waals surface area (Å²) in [6, 6.07) is 5.43. The minimum atomic E-state index is -0.638. The van der Waals surface area contributed by atoms with Crippen molar-refractivity contribution in [3.8, 4) is 11.1 Å². The summed E-state index contributed by atoms with van der Waals surface area (Å²) in [5.74, 6) is -0.997. The highest BCUT2D eigenvalue weighted by Crippen LogP contribution is 2.35. The Kier molecular flexibility index (Phi) is 7.00. The molecule has 0 bridgehead atoms. The summed E-state index contributed by atoms with van der Waals surface area (Å²) < 4.78 is 13.1. The predicted molar refractivity (Wildman–Crippen MR) is 110 cm³/mol. The number of nitrogens with two attached hydrogens (primary N) is 1. The number of thiophene rings is 1. The standard InChI is InChI=1S/C20H25FN4O2S/c21-15-7-5-14(6-8-15)16-13-28-19(17(16)18(22)26)24-20(27)23-9-1-2-10-25-11-3-4-12-25/h5-8,13H,1-4,9-12H2,(H2,22,26)(H2,23,24,27). The highest BCUT2D eigenvalue weighted by molar-refractivity contribution is 7.15. The van der Waals surface area contributed by atoms with Gasteiger partial charge in [-0.1, -0.05) is 12.1 Å². The Hall–Kier alpha value is -2.45. The van der Waals surface area contributed by atoms with Gasteiger partial charge in [0.1, 0.15) is 10.8 Å². The molecule has 0 aliphatic carbocycles. The number of rotatable bonds is 8. The average molecular weight is 405 g/mol. The molecule has 2 heterocycles. The van der Waals surface area contributed by atoms with Crippen LogP contribution in [0.1, 0.15) is 36.0 Å². The van der Waals surface area contributed by atoms with Crippen molar-refractivity contribution < 1.29 is 14.0 Å². The maximum Gasteiger partial charge on any atom is 0.319 e. The van der Waals surface area contributed by atoms with Gasteiger partial charge < -0.3 is 16.0 Å². The van der Waals surface area contributed by atoms with Crippen LogP contribution in [0.4, 0.5) is 14.2 Å².